The molecule has 0 aliphatic carbocycles. The van der Waals surface area contributed by atoms with Gasteiger partial charge in [-0.05, 0) is 47.1 Å². The van der Waals surface area contributed by atoms with Gasteiger partial charge in [-0.25, -0.2) is 0 Å². The SMILES string of the molecule is Oc1cccc(-c2ccccc2P(c2ccccc2)c2ccccc2)c1. The predicted octanol–water partition coefficient (Wildman–Crippen LogP) is 4.82. The second-order valence-electron chi connectivity index (χ2n) is 6.07. The Morgan fingerprint density at radius 1 is 0.538 bits per heavy atom. The van der Waals surface area contributed by atoms with Gasteiger partial charge < -0.3 is 5.11 Å². The van der Waals surface area contributed by atoms with E-state index in [4.69, 9.17) is 0 Å². The van der Waals surface area contributed by atoms with E-state index in [1.54, 1.807) is 6.07 Å². The quantitative estimate of drug-likeness (QED) is 0.521. The van der Waals surface area contributed by atoms with Gasteiger partial charge in [0.1, 0.15) is 5.75 Å². The number of aromatic hydroxyl groups is 1. The zero-order chi connectivity index (χ0) is 17.8. The van der Waals surface area contributed by atoms with Crippen LogP contribution in [0.1, 0.15) is 0 Å². The average Bonchev–Trinajstić information content (AvgIpc) is 2.70. The molecule has 26 heavy (non-hydrogen) atoms. The zero-order valence-corrected chi connectivity index (χ0v) is 15.2. The Hall–Kier alpha value is -2.89. The van der Waals surface area contributed by atoms with Crippen molar-refractivity contribution in [1.29, 1.82) is 0 Å². The van der Waals surface area contributed by atoms with E-state index in [2.05, 4.69) is 91.0 Å². The predicted molar refractivity (Wildman–Crippen MR) is 112 cm³/mol. The maximum atomic E-state index is 9.94. The van der Waals surface area contributed by atoms with E-state index in [0.29, 0.717) is 5.75 Å². The number of hydrogen-bond acceptors (Lipinski definition) is 1. The number of phenols is 1. The maximum Gasteiger partial charge on any atom is 0.116 e. The highest BCUT2D eigenvalue weighted by Crippen LogP contribution is 2.37. The highest BCUT2D eigenvalue weighted by Gasteiger charge is 2.19. The Morgan fingerprint density at radius 3 is 1.73 bits per heavy atom. The highest BCUT2D eigenvalue weighted by molar-refractivity contribution is 7.80. The molecule has 4 rings (SSSR count). The molecule has 4 aromatic rings. The summed E-state index contributed by atoms with van der Waals surface area (Å²) in [7, 11) is -0.682. The molecule has 4 aromatic carbocycles. The van der Waals surface area contributed by atoms with Crippen LogP contribution in [-0.4, -0.2) is 5.11 Å². The van der Waals surface area contributed by atoms with E-state index in [9.17, 15) is 5.11 Å². The molecule has 0 amide bonds. The smallest absolute Gasteiger partial charge is 0.116 e. The van der Waals surface area contributed by atoms with Crippen molar-refractivity contribution in [2.75, 3.05) is 0 Å². The molecule has 0 aromatic heterocycles. The van der Waals surface area contributed by atoms with Crippen molar-refractivity contribution in [3.05, 3.63) is 109 Å². The van der Waals surface area contributed by atoms with E-state index in [-0.39, 0.29) is 0 Å². The first-order valence-electron chi connectivity index (χ1n) is 8.61. The molecular weight excluding hydrogens is 335 g/mol. The number of hydrogen-bond donors (Lipinski definition) is 1. The van der Waals surface area contributed by atoms with Crippen LogP contribution in [0.2, 0.25) is 0 Å². The van der Waals surface area contributed by atoms with Crippen LogP contribution >= 0.6 is 7.92 Å². The van der Waals surface area contributed by atoms with Gasteiger partial charge in [0.15, 0.2) is 0 Å². The van der Waals surface area contributed by atoms with E-state index >= 15 is 0 Å². The molecule has 0 spiro atoms. The molecule has 0 aliphatic rings. The number of phenolic OH excluding ortho intramolecular Hbond substituents is 1. The molecular formula is C24H19OP. The minimum absolute atomic E-state index is 0.293. The molecule has 0 unspecified atom stereocenters. The van der Waals surface area contributed by atoms with Crippen molar-refractivity contribution in [1.82, 2.24) is 0 Å². The summed E-state index contributed by atoms with van der Waals surface area (Å²) in [5.41, 5.74) is 2.21. The summed E-state index contributed by atoms with van der Waals surface area (Å²) in [4.78, 5) is 0. The van der Waals surface area contributed by atoms with Crippen LogP contribution in [0, 0.1) is 0 Å². The summed E-state index contributed by atoms with van der Waals surface area (Å²) < 4.78 is 0. The van der Waals surface area contributed by atoms with Crippen LogP contribution in [0.3, 0.4) is 0 Å². The van der Waals surface area contributed by atoms with Gasteiger partial charge >= 0.3 is 0 Å². The van der Waals surface area contributed by atoms with Gasteiger partial charge in [0, 0.05) is 0 Å². The van der Waals surface area contributed by atoms with Crippen LogP contribution in [0.4, 0.5) is 0 Å². The van der Waals surface area contributed by atoms with Gasteiger partial charge in [-0.3, -0.25) is 0 Å². The van der Waals surface area contributed by atoms with Crippen LogP contribution < -0.4 is 15.9 Å². The highest BCUT2D eigenvalue weighted by atomic mass is 31.1. The largest absolute Gasteiger partial charge is 0.508 e. The summed E-state index contributed by atoms with van der Waals surface area (Å²) in [6.45, 7) is 0. The first kappa shape index (κ1) is 16.6. The minimum atomic E-state index is -0.682. The fraction of sp³-hybridized carbons (Fsp3) is 0. The molecule has 0 atom stereocenters. The van der Waals surface area contributed by atoms with Gasteiger partial charge in [0.2, 0.25) is 0 Å². The fourth-order valence-corrected chi connectivity index (χ4v) is 5.64. The van der Waals surface area contributed by atoms with Crippen LogP contribution in [0.5, 0.6) is 5.75 Å². The Balaban J connectivity index is 1.93. The monoisotopic (exact) mass is 354 g/mol. The second-order valence-corrected chi connectivity index (χ2v) is 8.26. The molecule has 0 heterocycles. The van der Waals surface area contributed by atoms with Crippen molar-refractivity contribution in [3.8, 4) is 16.9 Å². The summed E-state index contributed by atoms with van der Waals surface area (Å²) >= 11 is 0. The van der Waals surface area contributed by atoms with Gasteiger partial charge in [-0.15, -0.1) is 0 Å². The summed E-state index contributed by atoms with van der Waals surface area (Å²) in [5.74, 6) is 0.293. The molecule has 1 N–H and O–H groups in total. The lowest BCUT2D eigenvalue weighted by Gasteiger charge is -2.22. The molecule has 0 radical (unpaired) electrons. The molecule has 0 bridgehead atoms. The molecule has 0 saturated heterocycles. The number of benzene rings is 4. The van der Waals surface area contributed by atoms with Gasteiger partial charge in [0.05, 0.1) is 0 Å². The van der Waals surface area contributed by atoms with Crippen LogP contribution in [0.15, 0.2) is 109 Å². The third kappa shape index (κ3) is 3.40. The lowest BCUT2D eigenvalue weighted by molar-refractivity contribution is 0.475. The Labute approximate surface area is 155 Å². The van der Waals surface area contributed by atoms with Gasteiger partial charge in [-0.2, -0.15) is 0 Å². The Kier molecular flexibility index (Phi) is 4.82. The second kappa shape index (κ2) is 7.56. The molecule has 2 heteroatoms. The lowest BCUT2D eigenvalue weighted by atomic mass is 10.1. The summed E-state index contributed by atoms with van der Waals surface area (Å²) in [6.07, 6.45) is 0. The summed E-state index contributed by atoms with van der Waals surface area (Å²) in [5, 5.41) is 13.9. The first-order chi connectivity index (χ1) is 12.8. The lowest BCUT2D eigenvalue weighted by Crippen LogP contribution is -2.21. The average molecular weight is 354 g/mol. The van der Waals surface area contributed by atoms with E-state index in [1.807, 2.05) is 12.1 Å². The molecule has 0 saturated carbocycles. The van der Waals surface area contributed by atoms with Crippen LogP contribution in [0.25, 0.3) is 11.1 Å². The standard InChI is InChI=1S/C24H19OP/c25-20-11-9-10-19(18-20)23-16-7-8-17-24(23)26(21-12-3-1-4-13-21)22-14-5-2-6-15-22/h1-18,25H. The minimum Gasteiger partial charge on any atom is -0.508 e. The molecule has 0 fully saturated rings. The summed E-state index contributed by atoms with van der Waals surface area (Å²) in [6, 6.07) is 37.4. The van der Waals surface area contributed by atoms with Crippen LogP contribution in [-0.2, 0) is 0 Å². The third-order valence-corrected chi connectivity index (χ3v) is 6.83. The molecule has 0 aliphatic heterocycles. The van der Waals surface area contributed by atoms with Crippen molar-refractivity contribution in [2.24, 2.45) is 0 Å². The molecule has 126 valence electrons. The normalized spacial score (nSPS) is 10.8. The zero-order valence-electron chi connectivity index (χ0n) is 14.3. The molecule has 1 nitrogen and oxygen atoms in total. The van der Waals surface area contributed by atoms with Gasteiger partial charge in [-0.1, -0.05) is 97.1 Å². The van der Waals surface area contributed by atoms with Gasteiger partial charge in [0.25, 0.3) is 0 Å². The van der Waals surface area contributed by atoms with E-state index < -0.39 is 7.92 Å². The fourth-order valence-electron chi connectivity index (χ4n) is 3.17. The maximum absolute atomic E-state index is 9.94. The Bertz CT molecular complexity index is 957. The van der Waals surface area contributed by atoms with E-state index in [1.165, 1.54) is 21.5 Å². The van der Waals surface area contributed by atoms with E-state index in [0.717, 1.165) is 5.56 Å². The topological polar surface area (TPSA) is 20.2 Å². The van der Waals surface area contributed by atoms with Crippen molar-refractivity contribution >= 4 is 23.8 Å². The third-order valence-electron chi connectivity index (χ3n) is 4.33. The van der Waals surface area contributed by atoms with Crippen molar-refractivity contribution < 1.29 is 5.11 Å². The first-order valence-corrected chi connectivity index (χ1v) is 9.96. The number of rotatable bonds is 4. The Morgan fingerprint density at radius 2 is 1.12 bits per heavy atom. The van der Waals surface area contributed by atoms with Crippen molar-refractivity contribution in [2.45, 2.75) is 0 Å². The van der Waals surface area contributed by atoms with Crippen molar-refractivity contribution in [3.63, 3.8) is 0 Å².